The van der Waals surface area contributed by atoms with Crippen molar-refractivity contribution in [2.45, 2.75) is 49.5 Å². The molecule has 5 nitrogen and oxygen atoms in total. The average Bonchev–Trinajstić information content (AvgIpc) is 2.66. The fraction of sp³-hybridized carbons (Fsp3) is 0.333. The van der Waals surface area contributed by atoms with Gasteiger partial charge < -0.3 is 14.7 Å². The molecule has 0 fully saturated rings. The number of benzene rings is 2. The third kappa shape index (κ3) is 4.63. The normalized spacial score (nSPS) is 17.3. The predicted molar refractivity (Wildman–Crippen MR) is 106 cm³/mol. The van der Waals surface area contributed by atoms with Gasteiger partial charge in [0.05, 0.1) is 30.0 Å². The Morgan fingerprint density at radius 3 is 2.59 bits per heavy atom. The van der Waals surface area contributed by atoms with E-state index in [-0.39, 0.29) is 18.4 Å². The van der Waals surface area contributed by atoms with Crippen LogP contribution in [0.5, 0.6) is 5.75 Å². The SMILES string of the molecule is CCC(C)Oc1ccc(CN2C(=O)C(CC(=O)O)Sc3ccccc32)cc1. The predicted octanol–water partition coefficient (Wildman–Crippen LogP) is 4.35. The second-order valence-electron chi connectivity index (χ2n) is 6.58. The summed E-state index contributed by atoms with van der Waals surface area (Å²) in [6, 6.07) is 15.3. The maximum atomic E-state index is 12.9. The molecule has 0 spiro atoms. The number of fused-ring (bicyclic) bond motifs is 1. The molecule has 2 unspecified atom stereocenters. The molecule has 0 radical (unpaired) electrons. The Balaban J connectivity index is 1.81. The Labute approximate surface area is 163 Å². The fourth-order valence-electron chi connectivity index (χ4n) is 2.90. The van der Waals surface area contributed by atoms with E-state index in [4.69, 9.17) is 9.84 Å². The van der Waals surface area contributed by atoms with Gasteiger partial charge in [0.15, 0.2) is 0 Å². The maximum absolute atomic E-state index is 12.9. The molecule has 27 heavy (non-hydrogen) atoms. The summed E-state index contributed by atoms with van der Waals surface area (Å²) in [5.74, 6) is -0.328. The third-order valence-corrected chi connectivity index (χ3v) is 5.75. The summed E-state index contributed by atoms with van der Waals surface area (Å²) in [5.41, 5.74) is 1.80. The van der Waals surface area contributed by atoms with Crippen LogP contribution in [0, 0.1) is 0 Å². The lowest BCUT2D eigenvalue weighted by Crippen LogP contribution is -2.41. The van der Waals surface area contributed by atoms with Crippen LogP contribution in [0.2, 0.25) is 0 Å². The van der Waals surface area contributed by atoms with Crippen molar-refractivity contribution in [3.05, 3.63) is 54.1 Å². The molecule has 0 saturated carbocycles. The number of carboxylic acids is 1. The lowest BCUT2D eigenvalue weighted by molar-refractivity contribution is -0.138. The van der Waals surface area contributed by atoms with Gasteiger partial charge in [-0.3, -0.25) is 9.59 Å². The number of hydrogen-bond donors (Lipinski definition) is 1. The van der Waals surface area contributed by atoms with Crippen LogP contribution < -0.4 is 9.64 Å². The summed E-state index contributed by atoms with van der Waals surface area (Å²) in [7, 11) is 0. The van der Waals surface area contributed by atoms with E-state index in [2.05, 4.69) is 6.92 Å². The van der Waals surface area contributed by atoms with Gasteiger partial charge in [0.1, 0.15) is 5.75 Å². The molecule has 1 aliphatic rings. The molecule has 3 rings (SSSR count). The molecular formula is C21H23NO4S. The zero-order valence-corrected chi connectivity index (χ0v) is 16.2. The highest BCUT2D eigenvalue weighted by molar-refractivity contribution is 8.01. The van der Waals surface area contributed by atoms with Gasteiger partial charge in [-0.2, -0.15) is 0 Å². The van der Waals surface area contributed by atoms with Crippen molar-refractivity contribution < 1.29 is 19.4 Å². The van der Waals surface area contributed by atoms with Crippen LogP contribution in [-0.2, 0) is 16.1 Å². The zero-order chi connectivity index (χ0) is 19.4. The summed E-state index contributed by atoms with van der Waals surface area (Å²) in [4.78, 5) is 26.7. The van der Waals surface area contributed by atoms with Gasteiger partial charge >= 0.3 is 5.97 Å². The van der Waals surface area contributed by atoms with E-state index in [1.807, 2.05) is 55.5 Å². The van der Waals surface area contributed by atoms with Crippen molar-refractivity contribution in [1.82, 2.24) is 0 Å². The number of ether oxygens (including phenoxy) is 1. The molecule has 0 bridgehead atoms. The van der Waals surface area contributed by atoms with E-state index in [1.165, 1.54) is 11.8 Å². The Kier molecular flexibility index (Phi) is 6.06. The highest BCUT2D eigenvalue weighted by Crippen LogP contribution is 2.40. The molecular weight excluding hydrogens is 362 g/mol. The standard InChI is InChI=1S/C21H23NO4S/c1-3-14(2)26-16-10-8-15(9-11-16)13-22-17-6-4-5-7-18(17)27-19(21(22)25)12-20(23)24/h4-11,14,19H,3,12-13H2,1-2H3,(H,23,24). The molecule has 142 valence electrons. The van der Waals surface area contributed by atoms with Gasteiger partial charge in [-0.05, 0) is 43.2 Å². The van der Waals surface area contributed by atoms with E-state index >= 15 is 0 Å². The Bertz CT molecular complexity index is 821. The Morgan fingerprint density at radius 1 is 1.22 bits per heavy atom. The number of rotatable bonds is 7. The molecule has 2 aromatic rings. The van der Waals surface area contributed by atoms with Crippen molar-refractivity contribution >= 4 is 29.3 Å². The number of amides is 1. The topological polar surface area (TPSA) is 66.8 Å². The first kappa shape index (κ1) is 19.3. The molecule has 0 aliphatic carbocycles. The minimum absolute atomic E-state index is 0.153. The number of hydrogen-bond acceptors (Lipinski definition) is 4. The lowest BCUT2D eigenvalue weighted by atomic mass is 10.1. The number of anilines is 1. The molecule has 0 aromatic heterocycles. The summed E-state index contributed by atoms with van der Waals surface area (Å²) >= 11 is 1.33. The largest absolute Gasteiger partial charge is 0.491 e. The number of carbonyl (C=O) groups excluding carboxylic acids is 1. The first-order valence-corrected chi connectivity index (χ1v) is 9.90. The summed E-state index contributed by atoms with van der Waals surface area (Å²) < 4.78 is 5.80. The summed E-state index contributed by atoms with van der Waals surface area (Å²) in [6.45, 7) is 4.50. The minimum Gasteiger partial charge on any atom is -0.491 e. The van der Waals surface area contributed by atoms with Gasteiger partial charge in [-0.1, -0.05) is 31.2 Å². The second kappa shape index (κ2) is 8.48. The summed E-state index contributed by atoms with van der Waals surface area (Å²) in [6.07, 6.45) is 0.902. The number of aliphatic carboxylic acids is 1. The molecule has 0 saturated heterocycles. The Morgan fingerprint density at radius 2 is 1.93 bits per heavy atom. The third-order valence-electron chi connectivity index (χ3n) is 4.50. The van der Waals surface area contributed by atoms with Crippen molar-refractivity contribution in [1.29, 1.82) is 0 Å². The summed E-state index contributed by atoms with van der Waals surface area (Å²) in [5, 5.41) is 8.53. The highest BCUT2D eigenvalue weighted by Gasteiger charge is 2.34. The van der Waals surface area contributed by atoms with Crippen LogP contribution in [-0.4, -0.2) is 28.3 Å². The van der Waals surface area contributed by atoms with Crippen molar-refractivity contribution in [3.63, 3.8) is 0 Å². The van der Waals surface area contributed by atoms with Gasteiger partial charge in [-0.25, -0.2) is 0 Å². The van der Waals surface area contributed by atoms with Crippen LogP contribution >= 0.6 is 11.8 Å². The second-order valence-corrected chi connectivity index (χ2v) is 7.82. The van der Waals surface area contributed by atoms with E-state index < -0.39 is 11.2 Å². The molecule has 1 aliphatic heterocycles. The van der Waals surface area contributed by atoms with Crippen molar-refractivity contribution in [2.24, 2.45) is 0 Å². The van der Waals surface area contributed by atoms with Crippen LogP contribution in [0.25, 0.3) is 0 Å². The number of thioether (sulfide) groups is 1. The first-order chi connectivity index (χ1) is 13.0. The zero-order valence-electron chi connectivity index (χ0n) is 15.4. The number of nitrogens with zero attached hydrogens (tertiary/aromatic N) is 1. The van der Waals surface area contributed by atoms with Crippen LogP contribution in [0.3, 0.4) is 0 Å². The number of carboxylic acid groups (broad SMARTS) is 1. The first-order valence-electron chi connectivity index (χ1n) is 9.02. The number of para-hydroxylation sites is 1. The highest BCUT2D eigenvalue weighted by atomic mass is 32.2. The molecule has 2 aromatic carbocycles. The smallest absolute Gasteiger partial charge is 0.305 e. The van der Waals surface area contributed by atoms with Gasteiger partial charge in [-0.15, -0.1) is 11.8 Å². The van der Waals surface area contributed by atoms with Crippen molar-refractivity contribution in [3.8, 4) is 5.75 Å². The molecule has 1 heterocycles. The average molecular weight is 385 g/mol. The molecule has 1 amide bonds. The van der Waals surface area contributed by atoms with Crippen LogP contribution in [0.1, 0.15) is 32.3 Å². The quantitative estimate of drug-likeness (QED) is 0.768. The fourth-order valence-corrected chi connectivity index (χ4v) is 4.11. The molecule has 2 atom stereocenters. The van der Waals surface area contributed by atoms with Crippen LogP contribution in [0.4, 0.5) is 5.69 Å². The van der Waals surface area contributed by atoms with Crippen LogP contribution in [0.15, 0.2) is 53.4 Å². The van der Waals surface area contributed by atoms with E-state index in [0.717, 1.165) is 28.3 Å². The molecule has 6 heteroatoms. The molecule has 1 N–H and O–H groups in total. The minimum atomic E-state index is -0.966. The monoisotopic (exact) mass is 385 g/mol. The lowest BCUT2D eigenvalue weighted by Gasteiger charge is -2.33. The van der Waals surface area contributed by atoms with Gasteiger partial charge in [0.25, 0.3) is 0 Å². The Hall–Kier alpha value is -2.47. The van der Waals surface area contributed by atoms with Crippen molar-refractivity contribution in [2.75, 3.05) is 4.90 Å². The maximum Gasteiger partial charge on any atom is 0.305 e. The van der Waals surface area contributed by atoms with Gasteiger partial charge in [0, 0.05) is 4.90 Å². The van der Waals surface area contributed by atoms with E-state index in [1.54, 1.807) is 4.90 Å². The van der Waals surface area contributed by atoms with E-state index in [0.29, 0.717) is 6.54 Å². The van der Waals surface area contributed by atoms with E-state index in [9.17, 15) is 9.59 Å². The van der Waals surface area contributed by atoms with Gasteiger partial charge in [0.2, 0.25) is 5.91 Å². The number of carbonyl (C=O) groups is 2.